The van der Waals surface area contributed by atoms with Gasteiger partial charge in [-0.2, -0.15) is 4.98 Å². The SMILES string of the molecule is C=C(Nc1ccccc1)c1ccc(C)c(-c2nc(NCCCN(CC)CC)nc3c2ccc(=O)n3-c2c(F)cccc2F)c1. The highest BCUT2D eigenvalue weighted by Gasteiger charge is 2.20. The van der Waals surface area contributed by atoms with E-state index in [1.165, 1.54) is 12.1 Å². The molecule has 0 bridgehead atoms. The van der Waals surface area contributed by atoms with Crippen molar-refractivity contribution in [2.75, 3.05) is 36.8 Å². The average molecular weight is 595 g/mol. The molecule has 0 fully saturated rings. The molecular weight excluding hydrogens is 558 g/mol. The van der Waals surface area contributed by atoms with Crippen LogP contribution in [0, 0.1) is 18.6 Å². The Kier molecular flexibility index (Phi) is 9.45. The van der Waals surface area contributed by atoms with Gasteiger partial charge >= 0.3 is 0 Å². The van der Waals surface area contributed by atoms with E-state index in [1.54, 1.807) is 6.07 Å². The molecule has 9 heteroatoms. The molecule has 7 nitrogen and oxygen atoms in total. The van der Waals surface area contributed by atoms with E-state index in [0.717, 1.165) is 65.1 Å². The molecule has 0 aliphatic heterocycles. The van der Waals surface area contributed by atoms with Crippen molar-refractivity contribution in [2.45, 2.75) is 27.2 Å². The lowest BCUT2D eigenvalue weighted by Crippen LogP contribution is -2.25. The van der Waals surface area contributed by atoms with E-state index >= 15 is 8.78 Å². The Bertz CT molecular complexity index is 1830. The minimum atomic E-state index is -0.866. The van der Waals surface area contributed by atoms with Gasteiger partial charge in [-0.05, 0) is 80.5 Å². The van der Waals surface area contributed by atoms with Crippen molar-refractivity contribution in [2.24, 2.45) is 0 Å². The molecule has 0 aliphatic rings. The van der Waals surface area contributed by atoms with E-state index in [1.807, 2.05) is 55.5 Å². The summed E-state index contributed by atoms with van der Waals surface area (Å²) in [5, 5.41) is 7.10. The Labute approximate surface area is 255 Å². The molecule has 3 aromatic carbocycles. The molecule has 226 valence electrons. The quantitative estimate of drug-likeness (QED) is 0.148. The smallest absolute Gasteiger partial charge is 0.256 e. The molecule has 5 aromatic rings. The van der Waals surface area contributed by atoms with Crippen LogP contribution in [0.4, 0.5) is 20.4 Å². The number of anilines is 2. The number of aromatic nitrogens is 3. The summed E-state index contributed by atoms with van der Waals surface area (Å²) in [7, 11) is 0. The predicted octanol–water partition coefficient (Wildman–Crippen LogP) is 7.26. The highest BCUT2D eigenvalue weighted by Crippen LogP contribution is 2.33. The lowest BCUT2D eigenvalue weighted by atomic mass is 9.98. The number of nitrogens with zero attached hydrogens (tertiary/aromatic N) is 4. The summed E-state index contributed by atoms with van der Waals surface area (Å²) in [6.45, 7) is 13.8. The maximum absolute atomic E-state index is 15.1. The van der Waals surface area contributed by atoms with Gasteiger partial charge in [0.2, 0.25) is 5.95 Å². The van der Waals surface area contributed by atoms with Crippen LogP contribution in [0.25, 0.3) is 33.7 Å². The number of nitrogens with one attached hydrogen (secondary N) is 2. The Hall–Kier alpha value is -4.89. The van der Waals surface area contributed by atoms with Gasteiger partial charge in [0.25, 0.3) is 5.56 Å². The molecule has 0 aliphatic carbocycles. The first-order valence-electron chi connectivity index (χ1n) is 14.8. The molecule has 0 atom stereocenters. The number of hydrogen-bond donors (Lipinski definition) is 2. The largest absolute Gasteiger partial charge is 0.356 e. The van der Waals surface area contributed by atoms with Crippen molar-refractivity contribution in [3.05, 3.63) is 119 Å². The maximum atomic E-state index is 15.1. The Balaban J connectivity index is 1.65. The molecule has 2 heterocycles. The average Bonchev–Trinajstić information content (AvgIpc) is 3.02. The number of rotatable bonds is 12. The number of aryl methyl sites for hydroxylation is 1. The topological polar surface area (TPSA) is 75.1 Å². The second-order valence-corrected chi connectivity index (χ2v) is 10.5. The zero-order chi connectivity index (χ0) is 31.2. The minimum absolute atomic E-state index is 0.101. The molecule has 0 unspecified atom stereocenters. The highest BCUT2D eigenvalue weighted by atomic mass is 19.1. The van der Waals surface area contributed by atoms with E-state index in [2.05, 4.69) is 40.9 Å². The van der Waals surface area contributed by atoms with Crippen LogP contribution in [0.2, 0.25) is 0 Å². The molecule has 5 rings (SSSR count). The standard InChI is InChI=1S/C35H36F2N6O/c1-5-42(6-2)21-11-20-38-35-40-32(28-22-25(17-16-23(28)3)24(4)39-26-12-8-7-9-13-26)27-18-19-31(44)43(34(27)41-35)33-29(36)14-10-15-30(33)37/h7-10,12-19,22,39H,4-6,11,20-21H2,1-3H3,(H,38,40,41). The molecule has 2 N–H and O–H groups in total. The van der Waals surface area contributed by atoms with Crippen LogP contribution in [0.15, 0.2) is 90.2 Å². The van der Waals surface area contributed by atoms with Crippen LogP contribution in [0.1, 0.15) is 31.4 Å². The van der Waals surface area contributed by atoms with Gasteiger partial charge in [-0.15, -0.1) is 0 Å². The molecule has 0 amide bonds. The Morgan fingerprint density at radius 2 is 1.66 bits per heavy atom. The second kappa shape index (κ2) is 13.6. The van der Waals surface area contributed by atoms with Crippen molar-refractivity contribution >= 4 is 28.4 Å². The van der Waals surface area contributed by atoms with Crippen LogP contribution < -0.4 is 16.2 Å². The summed E-state index contributed by atoms with van der Waals surface area (Å²) < 4.78 is 31.1. The normalized spacial score (nSPS) is 11.2. The van der Waals surface area contributed by atoms with E-state index in [9.17, 15) is 4.79 Å². The van der Waals surface area contributed by atoms with Gasteiger partial charge in [0.15, 0.2) is 5.65 Å². The van der Waals surface area contributed by atoms with Crippen molar-refractivity contribution < 1.29 is 8.78 Å². The van der Waals surface area contributed by atoms with Crippen molar-refractivity contribution in [3.8, 4) is 16.9 Å². The third-order valence-corrected chi connectivity index (χ3v) is 7.65. The fourth-order valence-electron chi connectivity index (χ4n) is 5.19. The number of pyridine rings is 1. The summed E-state index contributed by atoms with van der Waals surface area (Å²) >= 11 is 0. The lowest BCUT2D eigenvalue weighted by Gasteiger charge is -2.19. The van der Waals surface area contributed by atoms with E-state index in [0.29, 0.717) is 23.3 Å². The molecule has 44 heavy (non-hydrogen) atoms. The molecule has 0 saturated carbocycles. The lowest BCUT2D eigenvalue weighted by molar-refractivity contribution is 0.303. The summed E-state index contributed by atoms with van der Waals surface area (Å²) in [6, 6.07) is 22.1. The van der Waals surface area contributed by atoms with Crippen molar-refractivity contribution in [1.29, 1.82) is 0 Å². The first-order chi connectivity index (χ1) is 21.3. The summed E-state index contributed by atoms with van der Waals surface area (Å²) in [6.07, 6.45) is 0.835. The molecular formula is C35H36F2N6O. The van der Waals surface area contributed by atoms with Crippen molar-refractivity contribution in [1.82, 2.24) is 19.4 Å². The number of benzene rings is 3. The van der Waals surface area contributed by atoms with Crippen LogP contribution in [-0.2, 0) is 0 Å². The van der Waals surface area contributed by atoms with Gasteiger partial charge < -0.3 is 15.5 Å². The zero-order valence-electron chi connectivity index (χ0n) is 25.2. The highest BCUT2D eigenvalue weighted by molar-refractivity contribution is 5.94. The van der Waals surface area contributed by atoms with Gasteiger partial charge in [-0.25, -0.2) is 13.8 Å². The fourth-order valence-corrected chi connectivity index (χ4v) is 5.19. The molecule has 0 saturated heterocycles. The summed E-state index contributed by atoms with van der Waals surface area (Å²) in [5.74, 6) is -1.47. The minimum Gasteiger partial charge on any atom is -0.356 e. The number of halogens is 2. The van der Waals surface area contributed by atoms with Gasteiger partial charge in [0.1, 0.15) is 17.3 Å². The van der Waals surface area contributed by atoms with E-state index in [4.69, 9.17) is 4.98 Å². The second-order valence-electron chi connectivity index (χ2n) is 10.5. The fraction of sp³-hybridized carbons (Fsp3) is 0.229. The molecule has 2 aromatic heterocycles. The zero-order valence-corrected chi connectivity index (χ0v) is 25.2. The Morgan fingerprint density at radius 1 is 0.932 bits per heavy atom. The first kappa shape index (κ1) is 30.6. The van der Waals surface area contributed by atoms with Crippen LogP contribution in [-0.4, -0.2) is 45.6 Å². The van der Waals surface area contributed by atoms with Gasteiger partial charge in [-0.3, -0.25) is 9.36 Å². The number of fused-ring (bicyclic) bond motifs is 1. The summed E-state index contributed by atoms with van der Waals surface area (Å²) in [5.41, 5.74) is 3.66. The third kappa shape index (κ3) is 6.53. The van der Waals surface area contributed by atoms with Crippen LogP contribution >= 0.6 is 0 Å². The Morgan fingerprint density at radius 3 is 2.36 bits per heavy atom. The first-order valence-corrected chi connectivity index (χ1v) is 14.8. The molecule has 0 spiro atoms. The van der Waals surface area contributed by atoms with Gasteiger partial charge in [-0.1, -0.05) is 56.8 Å². The number of para-hydroxylation sites is 2. The van der Waals surface area contributed by atoms with Crippen LogP contribution in [0.5, 0.6) is 0 Å². The van der Waals surface area contributed by atoms with E-state index < -0.39 is 22.9 Å². The number of hydrogen-bond acceptors (Lipinski definition) is 6. The maximum Gasteiger partial charge on any atom is 0.256 e. The van der Waals surface area contributed by atoms with Gasteiger partial charge in [0.05, 0.1) is 5.69 Å². The summed E-state index contributed by atoms with van der Waals surface area (Å²) in [4.78, 5) is 25.1. The predicted molar refractivity (Wildman–Crippen MR) is 175 cm³/mol. The van der Waals surface area contributed by atoms with Gasteiger partial charge in [0, 0.05) is 34.9 Å². The molecule has 0 radical (unpaired) electrons. The monoisotopic (exact) mass is 594 g/mol. The van der Waals surface area contributed by atoms with Crippen LogP contribution in [0.3, 0.4) is 0 Å². The van der Waals surface area contributed by atoms with Crippen molar-refractivity contribution in [3.63, 3.8) is 0 Å². The van der Waals surface area contributed by atoms with E-state index in [-0.39, 0.29) is 11.6 Å². The third-order valence-electron chi connectivity index (χ3n) is 7.65.